The minimum atomic E-state index is -0.882. The molecule has 0 aliphatic heterocycles. The Kier molecular flexibility index (Phi) is 5.68. The zero-order chi connectivity index (χ0) is 15.9. The third-order valence-corrected chi connectivity index (χ3v) is 3.99. The lowest BCUT2D eigenvalue weighted by atomic mass is 10.1. The number of hydroxylamine groups is 2. The van der Waals surface area contributed by atoms with Gasteiger partial charge in [-0.3, -0.25) is 5.21 Å². The number of rotatable bonds is 6. The van der Waals surface area contributed by atoms with Gasteiger partial charge in [-0.1, -0.05) is 42.1 Å². The molecule has 0 aliphatic rings. The van der Waals surface area contributed by atoms with Crippen molar-refractivity contribution in [1.29, 1.82) is 0 Å². The summed E-state index contributed by atoms with van der Waals surface area (Å²) in [5.74, 6) is 1.23. The normalized spacial score (nSPS) is 11.7. The SMILES string of the molecule is CC(c1ccc(OCSc2ccccc2)cc1)N(O)C(N)=O. The third-order valence-electron chi connectivity index (χ3n) is 3.15. The van der Waals surface area contributed by atoms with Crippen LogP contribution in [-0.2, 0) is 0 Å². The lowest BCUT2D eigenvalue weighted by Crippen LogP contribution is -2.34. The second-order valence-electron chi connectivity index (χ2n) is 4.65. The van der Waals surface area contributed by atoms with E-state index in [1.54, 1.807) is 43.0 Å². The van der Waals surface area contributed by atoms with Gasteiger partial charge in [0.25, 0.3) is 0 Å². The maximum atomic E-state index is 10.9. The maximum absolute atomic E-state index is 10.9. The summed E-state index contributed by atoms with van der Waals surface area (Å²) < 4.78 is 5.65. The smallest absolute Gasteiger partial charge is 0.339 e. The first kappa shape index (κ1) is 16.2. The molecule has 22 heavy (non-hydrogen) atoms. The Balaban J connectivity index is 1.88. The Morgan fingerprint density at radius 3 is 2.45 bits per heavy atom. The third kappa shape index (κ3) is 4.41. The summed E-state index contributed by atoms with van der Waals surface area (Å²) in [6.07, 6.45) is 0. The molecule has 2 aromatic rings. The lowest BCUT2D eigenvalue weighted by Gasteiger charge is -2.20. The van der Waals surface area contributed by atoms with Crippen LogP contribution in [-0.4, -0.2) is 22.2 Å². The fourth-order valence-corrected chi connectivity index (χ4v) is 2.54. The number of primary amides is 1. The summed E-state index contributed by atoms with van der Waals surface area (Å²) in [7, 11) is 0. The Labute approximate surface area is 133 Å². The van der Waals surface area contributed by atoms with Gasteiger partial charge in [0.2, 0.25) is 0 Å². The fourth-order valence-electron chi connectivity index (χ4n) is 1.86. The van der Waals surface area contributed by atoms with Gasteiger partial charge in [0, 0.05) is 4.90 Å². The van der Waals surface area contributed by atoms with E-state index in [9.17, 15) is 10.0 Å². The summed E-state index contributed by atoms with van der Waals surface area (Å²) in [6, 6.07) is 15.8. The van der Waals surface area contributed by atoms with Gasteiger partial charge in [-0.15, -0.1) is 0 Å². The average molecular weight is 318 g/mol. The molecule has 0 bridgehead atoms. The first-order valence-corrected chi connectivity index (χ1v) is 7.74. The van der Waals surface area contributed by atoms with Crippen molar-refractivity contribution < 1.29 is 14.7 Å². The highest BCUT2D eigenvalue weighted by Gasteiger charge is 2.16. The second-order valence-corrected chi connectivity index (χ2v) is 5.64. The minimum absolute atomic E-state index is 0.501. The van der Waals surface area contributed by atoms with Crippen molar-refractivity contribution in [3.8, 4) is 5.75 Å². The maximum Gasteiger partial charge on any atom is 0.339 e. The molecule has 0 aromatic heterocycles. The van der Waals surface area contributed by atoms with Crippen LogP contribution in [0.15, 0.2) is 59.5 Å². The van der Waals surface area contributed by atoms with Gasteiger partial charge >= 0.3 is 6.03 Å². The molecule has 2 aromatic carbocycles. The molecular weight excluding hydrogens is 300 g/mol. The van der Waals surface area contributed by atoms with Crippen molar-refractivity contribution in [3.05, 3.63) is 60.2 Å². The number of ether oxygens (including phenoxy) is 1. The highest BCUT2D eigenvalue weighted by atomic mass is 32.2. The molecule has 1 unspecified atom stereocenters. The molecule has 0 heterocycles. The van der Waals surface area contributed by atoms with Gasteiger partial charge in [-0.2, -0.15) is 5.06 Å². The van der Waals surface area contributed by atoms with Gasteiger partial charge in [-0.25, -0.2) is 4.79 Å². The number of nitrogens with zero attached hydrogens (tertiary/aromatic N) is 1. The predicted octanol–water partition coefficient (Wildman–Crippen LogP) is 3.65. The van der Waals surface area contributed by atoms with Gasteiger partial charge in [0.15, 0.2) is 0 Å². The van der Waals surface area contributed by atoms with E-state index in [4.69, 9.17) is 10.5 Å². The van der Waals surface area contributed by atoms with Gasteiger partial charge in [0.05, 0.1) is 6.04 Å². The zero-order valence-electron chi connectivity index (χ0n) is 12.2. The highest BCUT2D eigenvalue weighted by molar-refractivity contribution is 7.99. The van der Waals surface area contributed by atoms with Crippen LogP contribution in [0, 0.1) is 0 Å². The van der Waals surface area contributed by atoms with Gasteiger partial charge in [0.1, 0.15) is 11.7 Å². The van der Waals surface area contributed by atoms with Crippen molar-refractivity contribution in [3.63, 3.8) is 0 Å². The molecule has 2 amide bonds. The van der Waals surface area contributed by atoms with Crippen LogP contribution in [0.5, 0.6) is 5.75 Å². The predicted molar refractivity (Wildman–Crippen MR) is 85.9 cm³/mol. The minimum Gasteiger partial charge on any atom is -0.483 e. The molecular formula is C16H18N2O3S. The molecule has 0 spiro atoms. The molecule has 1 atom stereocenters. The number of amides is 2. The first-order chi connectivity index (χ1) is 10.6. The topological polar surface area (TPSA) is 75.8 Å². The molecule has 5 nitrogen and oxygen atoms in total. The van der Waals surface area contributed by atoms with Crippen LogP contribution in [0.4, 0.5) is 4.79 Å². The van der Waals surface area contributed by atoms with Crippen molar-refractivity contribution in [2.24, 2.45) is 5.73 Å². The van der Waals surface area contributed by atoms with Crippen molar-refractivity contribution in [1.82, 2.24) is 5.06 Å². The number of carbonyl (C=O) groups is 1. The standard InChI is InChI=1S/C16H18N2O3S/c1-12(18(20)16(17)19)13-7-9-14(10-8-13)21-11-22-15-5-3-2-4-6-15/h2-10,12,20H,11H2,1H3,(H2,17,19). The Morgan fingerprint density at radius 2 is 1.86 bits per heavy atom. The number of nitrogens with two attached hydrogens (primary N) is 1. The average Bonchev–Trinajstić information content (AvgIpc) is 2.55. The Hall–Kier alpha value is -2.18. The van der Waals surface area contributed by atoms with E-state index in [0.717, 1.165) is 16.2 Å². The van der Waals surface area contributed by atoms with Crippen LogP contribution in [0.3, 0.4) is 0 Å². The van der Waals surface area contributed by atoms with E-state index < -0.39 is 12.1 Å². The van der Waals surface area contributed by atoms with Crippen molar-refractivity contribution in [2.45, 2.75) is 17.9 Å². The molecule has 2 rings (SSSR count). The fraction of sp³-hybridized carbons (Fsp3) is 0.188. The Bertz CT molecular complexity index is 605. The summed E-state index contributed by atoms with van der Waals surface area (Å²) in [4.78, 5) is 12.1. The van der Waals surface area contributed by atoms with Gasteiger partial charge in [-0.05, 0) is 36.8 Å². The number of thioether (sulfide) groups is 1. The van der Waals surface area contributed by atoms with E-state index in [1.165, 1.54) is 0 Å². The summed E-state index contributed by atoms with van der Waals surface area (Å²) in [5, 5.41) is 10.0. The number of urea groups is 1. The number of hydrogen-bond acceptors (Lipinski definition) is 4. The zero-order valence-corrected chi connectivity index (χ0v) is 13.0. The summed E-state index contributed by atoms with van der Waals surface area (Å²) in [6.45, 7) is 1.69. The number of hydrogen-bond donors (Lipinski definition) is 2. The number of benzene rings is 2. The van der Waals surface area contributed by atoms with Crippen molar-refractivity contribution >= 4 is 17.8 Å². The summed E-state index contributed by atoms with van der Waals surface area (Å²) >= 11 is 1.60. The van der Waals surface area contributed by atoms with E-state index in [2.05, 4.69) is 0 Å². The van der Waals surface area contributed by atoms with E-state index >= 15 is 0 Å². The molecule has 3 N–H and O–H groups in total. The molecule has 0 radical (unpaired) electrons. The van der Waals surface area contributed by atoms with E-state index in [-0.39, 0.29) is 0 Å². The first-order valence-electron chi connectivity index (χ1n) is 6.76. The molecule has 116 valence electrons. The molecule has 6 heteroatoms. The van der Waals surface area contributed by atoms with E-state index in [1.807, 2.05) is 30.3 Å². The highest BCUT2D eigenvalue weighted by Crippen LogP contribution is 2.23. The lowest BCUT2D eigenvalue weighted by molar-refractivity contribution is -0.0710. The van der Waals surface area contributed by atoms with Crippen LogP contribution in [0.1, 0.15) is 18.5 Å². The molecule has 0 aliphatic carbocycles. The second kappa shape index (κ2) is 7.72. The molecule has 0 fully saturated rings. The van der Waals surface area contributed by atoms with E-state index in [0.29, 0.717) is 11.0 Å². The monoisotopic (exact) mass is 318 g/mol. The van der Waals surface area contributed by atoms with Crippen LogP contribution < -0.4 is 10.5 Å². The van der Waals surface area contributed by atoms with Gasteiger partial charge < -0.3 is 10.5 Å². The van der Waals surface area contributed by atoms with Crippen LogP contribution in [0.25, 0.3) is 0 Å². The largest absolute Gasteiger partial charge is 0.483 e. The Morgan fingerprint density at radius 1 is 1.23 bits per heavy atom. The van der Waals surface area contributed by atoms with Crippen molar-refractivity contribution in [2.75, 3.05) is 5.94 Å². The number of carbonyl (C=O) groups excluding carboxylic acids is 1. The quantitative estimate of drug-likeness (QED) is 0.369. The van der Waals surface area contributed by atoms with Crippen LogP contribution >= 0.6 is 11.8 Å². The molecule has 0 saturated carbocycles. The summed E-state index contributed by atoms with van der Waals surface area (Å²) in [5.41, 5.74) is 5.80. The molecule has 0 saturated heterocycles. The van der Waals surface area contributed by atoms with Crippen LogP contribution in [0.2, 0.25) is 0 Å².